The highest BCUT2D eigenvalue weighted by Gasteiger charge is 2.56. The van der Waals surface area contributed by atoms with Gasteiger partial charge in [-0.3, -0.25) is 19.2 Å². The van der Waals surface area contributed by atoms with E-state index in [0.29, 0.717) is 12.9 Å². The zero-order valence-corrected chi connectivity index (χ0v) is 28.9. The van der Waals surface area contributed by atoms with Crippen LogP contribution >= 0.6 is 12.2 Å². The zero-order chi connectivity index (χ0) is 33.3. The molecule has 3 fully saturated rings. The highest BCUT2D eigenvalue weighted by Crippen LogP contribution is 2.40. The number of thiocarbonyl (C=S) groups is 1. The molecule has 0 amide bonds. The van der Waals surface area contributed by atoms with Gasteiger partial charge in [-0.1, -0.05) is 34.6 Å². The van der Waals surface area contributed by atoms with Crippen molar-refractivity contribution in [3.05, 3.63) is 0 Å². The first kappa shape index (κ1) is 36.3. The molecule has 0 saturated carbocycles. The maximum absolute atomic E-state index is 14.0. The fourth-order valence-corrected chi connectivity index (χ4v) is 7.84. The summed E-state index contributed by atoms with van der Waals surface area (Å²) in [6.45, 7) is 16.3. The van der Waals surface area contributed by atoms with Gasteiger partial charge in [0.05, 0.1) is 12.1 Å². The number of hydrogen-bond donors (Lipinski definition) is 1. The molecule has 0 aromatic carbocycles. The summed E-state index contributed by atoms with van der Waals surface area (Å²) >= 11 is 5.34. The normalized spacial score (nSPS) is 44.2. The number of carbonyl (C=O) groups excluding carboxylic acids is 4. The van der Waals surface area contributed by atoms with Crippen LogP contribution in [0.3, 0.4) is 0 Å². The van der Waals surface area contributed by atoms with Gasteiger partial charge in [0.1, 0.15) is 29.5 Å². The Balaban J connectivity index is 2.12. The minimum atomic E-state index is -1.43. The molecule has 1 N–H and O–H groups in total. The number of ether oxygens (including phenoxy) is 5. The second-order valence-corrected chi connectivity index (χ2v) is 14.1. The van der Waals surface area contributed by atoms with Gasteiger partial charge in [0.25, 0.3) is 11.6 Å². The van der Waals surface area contributed by atoms with Crippen molar-refractivity contribution in [1.82, 2.24) is 10.2 Å². The Hall–Kier alpha value is -2.15. The standard InChI is InChI=1S/C32H52N2O9S/c1-12-23-32(9)26(33-30(44)43-32)19(5)24(36)16(2)14-31(8,39-15-35)27(20(6)25(37)21(7)28(38)41-23)42-29-18(4)22(34(10)11)13-17(3)40-29/h15-23,26-27,29H,12-14H2,1-11H3,(H,33,44)/t16-,17-,18-,19+,20+,21-,22+,23-,26-,27-,29+,31-,32-/m1/s1. The fraction of sp³-hybridized carbons (Fsp3) is 0.844. The van der Waals surface area contributed by atoms with Crippen LogP contribution in [0.25, 0.3) is 0 Å². The molecule has 12 heteroatoms. The average Bonchev–Trinajstić information content (AvgIpc) is 3.27. The fourth-order valence-electron chi connectivity index (χ4n) is 7.54. The zero-order valence-electron chi connectivity index (χ0n) is 28.1. The summed E-state index contributed by atoms with van der Waals surface area (Å²) in [5, 5.41) is 3.22. The lowest BCUT2D eigenvalue weighted by Gasteiger charge is -2.47. The largest absolute Gasteiger partial charge is 0.459 e. The molecular formula is C32H52N2O9S. The number of nitrogens with one attached hydrogen (secondary N) is 1. The number of Topliss-reactive ketones (excluding diaryl/α,β-unsaturated/α-hetero) is 2. The minimum Gasteiger partial charge on any atom is -0.459 e. The van der Waals surface area contributed by atoms with Crippen molar-refractivity contribution in [2.75, 3.05) is 14.1 Å². The van der Waals surface area contributed by atoms with Crippen LogP contribution in [-0.2, 0) is 42.9 Å². The van der Waals surface area contributed by atoms with E-state index in [0.717, 1.165) is 6.42 Å². The summed E-state index contributed by atoms with van der Waals surface area (Å²) in [7, 11) is 3.99. The lowest BCUT2D eigenvalue weighted by Crippen LogP contribution is -2.59. The number of ketones is 2. The molecule has 250 valence electrons. The number of carbonyl (C=O) groups is 4. The van der Waals surface area contributed by atoms with Crippen LogP contribution in [0.2, 0.25) is 0 Å². The van der Waals surface area contributed by atoms with Crippen LogP contribution in [0.1, 0.15) is 81.6 Å². The summed E-state index contributed by atoms with van der Waals surface area (Å²) in [5.74, 6) is -4.73. The highest BCUT2D eigenvalue weighted by molar-refractivity contribution is 7.80. The van der Waals surface area contributed by atoms with Gasteiger partial charge in [0.2, 0.25) is 0 Å². The van der Waals surface area contributed by atoms with Gasteiger partial charge in [0.15, 0.2) is 17.7 Å². The Morgan fingerprint density at radius 1 is 1.05 bits per heavy atom. The third kappa shape index (κ3) is 7.13. The lowest BCUT2D eigenvalue weighted by molar-refractivity contribution is -0.279. The second kappa shape index (κ2) is 14.1. The average molecular weight is 641 g/mol. The Morgan fingerprint density at radius 2 is 1.68 bits per heavy atom. The molecule has 3 saturated heterocycles. The number of hydrogen-bond acceptors (Lipinski definition) is 11. The molecule has 0 radical (unpaired) electrons. The number of nitrogens with zero attached hydrogens (tertiary/aromatic N) is 1. The Morgan fingerprint density at radius 3 is 2.25 bits per heavy atom. The molecule has 3 heterocycles. The van der Waals surface area contributed by atoms with Crippen LogP contribution in [0, 0.1) is 29.6 Å². The predicted octanol–water partition coefficient (Wildman–Crippen LogP) is 3.44. The van der Waals surface area contributed by atoms with Crippen LogP contribution in [0.4, 0.5) is 0 Å². The van der Waals surface area contributed by atoms with Gasteiger partial charge in [-0.2, -0.15) is 0 Å². The predicted molar refractivity (Wildman–Crippen MR) is 166 cm³/mol. The molecule has 0 aromatic rings. The van der Waals surface area contributed by atoms with Crippen LogP contribution in [0.15, 0.2) is 0 Å². The topological polar surface area (TPSA) is 130 Å². The Kier molecular flexibility index (Phi) is 11.6. The van der Waals surface area contributed by atoms with E-state index in [1.54, 1.807) is 34.6 Å². The van der Waals surface area contributed by atoms with Crippen LogP contribution in [0.5, 0.6) is 0 Å². The number of esters is 1. The molecule has 13 atom stereocenters. The number of fused-ring (bicyclic) bond motifs is 1. The van der Waals surface area contributed by atoms with Gasteiger partial charge in [-0.15, -0.1) is 0 Å². The van der Waals surface area contributed by atoms with E-state index in [-0.39, 0.29) is 35.4 Å². The van der Waals surface area contributed by atoms with E-state index in [1.807, 2.05) is 34.9 Å². The van der Waals surface area contributed by atoms with E-state index in [2.05, 4.69) is 10.2 Å². The van der Waals surface area contributed by atoms with E-state index in [9.17, 15) is 19.2 Å². The molecule has 0 spiro atoms. The molecule has 3 aliphatic heterocycles. The quantitative estimate of drug-likeness (QED) is 0.198. The van der Waals surface area contributed by atoms with Gasteiger partial charge >= 0.3 is 5.97 Å². The maximum Gasteiger partial charge on any atom is 0.316 e. The third-order valence-corrected chi connectivity index (χ3v) is 10.3. The summed E-state index contributed by atoms with van der Waals surface area (Å²) in [4.78, 5) is 55.7. The van der Waals surface area contributed by atoms with Gasteiger partial charge in [-0.25, -0.2) is 0 Å². The Labute approximate surface area is 267 Å². The van der Waals surface area contributed by atoms with Crippen molar-refractivity contribution < 1.29 is 42.9 Å². The molecule has 0 bridgehead atoms. The molecule has 0 aromatic heterocycles. The number of rotatable bonds is 6. The van der Waals surface area contributed by atoms with E-state index in [4.69, 9.17) is 35.9 Å². The smallest absolute Gasteiger partial charge is 0.316 e. The molecule has 44 heavy (non-hydrogen) atoms. The molecular weight excluding hydrogens is 588 g/mol. The number of cyclic esters (lactones) is 1. The second-order valence-electron chi connectivity index (χ2n) is 13.8. The minimum absolute atomic E-state index is 0.0652. The van der Waals surface area contributed by atoms with Gasteiger partial charge < -0.3 is 33.9 Å². The van der Waals surface area contributed by atoms with Crippen LogP contribution in [-0.4, -0.2) is 96.1 Å². The molecule has 0 aliphatic carbocycles. The first-order chi connectivity index (χ1) is 20.4. The van der Waals surface area contributed by atoms with Crippen molar-refractivity contribution in [3.63, 3.8) is 0 Å². The SMILES string of the molecule is CC[C@H]1OC(=O)[C@H](C)C(=O)[C@H](C)[C@@H](O[C@@H]2O[C@H](C)C[C@H](N(C)C)[C@H]2C)[C@](C)(OC=O)C[C@@H](C)C(=O)[C@H](C)[C@H]2NC(=S)O[C@@]21C. The lowest BCUT2D eigenvalue weighted by atomic mass is 9.73. The summed E-state index contributed by atoms with van der Waals surface area (Å²) in [6.07, 6.45) is -1.47. The summed E-state index contributed by atoms with van der Waals surface area (Å²) in [6, 6.07) is -0.476. The highest BCUT2D eigenvalue weighted by atomic mass is 32.1. The molecule has 3 aliphatic rings. The van der Waals surface area contributed by atoms with Crippen molar-refractivity contribution in [2.24, 2.45) is 29.6 Å². The summed E-state index contributed by atoms with van der Waals surface area (Å²) < 4.78 is 30.7. The van der Waals surface area contributed by atoms with Crippen LogP contribution < -0.4 is 5.32 Å². The molecule has 3 rings (SSSR count). The van der Waals surface area contributed by atoms with Crippen molar-refractivity contribution in [3.8, 4) is 0 Å². The maximum atomic E-state index is 14.0. The van der Waals surface area contributed by atoms with Crippen molar-refractivity contribution >= 4 is 41.4 Å². The first-order valence-electron chi connectivity index (χ1n) is 15.8. The van der Waals surface area contributed by atoms with Gasteiger partial charge in [0, 0.05) is 29.7 Å². The Bertz CT molecular complexity index is 1100. The summed E-state index contributed by atoms with van der Waals surface area (Å²) in [5.41, 5.74) is -2.59. The van der Waals surface area contributed by atoms with E-state index < -0.39 is 71.2 Å². The molecule has 0 unspecified atom stereocenters. The monoisotopic (exact) mass is 640 g/mol. The van der Waals surface area contributed by atoms with Gasteiger partial charge in [-0.05, 0) is 73.3 Å². The third-order valence-electron chi connectivity index (χ3n) is 10.1. The van der Waals surface area contributed by atoms with Crippen molar-refractivity contribution in [1.29, 1.82) is 0 Å². The molecule has 11 nitrogen and oxygen atoms in total. The first-order valence-corrected chi connectivity index (χ1v) is 16.2. The van der Waals surface area contributed by atoms with E-state index >= 15 is 0 Å². The van der Waals surface area contributed by atoms with E-state index in [1.165, 1.54) is 6.92 Å². The van der Waals surface area contributed by atoms with Crippen molar-refractivity contribution in [2.45, 2.75) is 129 Å².